The average Bonchev–Trinajstić information content (AvgIpc) is 3.07. The molecule has 0 radical (unpaired) electrons. The Morgan fingerprint density at radius 2 is 1.93 bits per heavy atom. The molecule has 0 spiro atoms. The summed E-state index contributed by atoms with van der Waals surface area (Å²) >= 11 is 0. The van der Waals surface area contributed by atoms with Gasteiger partial charge in [0.25, 0.3) is 0 Å². The second-order valence-corrected chi connectivity index (χ2v) is 9.60. The van der Waals surface area contributed by atoms with Gasteiger partial charge in [-0.25, -0.2) is 0 Å². The van der Waals surface area contributed by atoms with Gasteiger partial charge in [-0.1, -0.05) is 55.7 Å². The zero-order valence-electron chi connectivity index (χ0n) is 18.7. The first-order chi connectivity index (χ1) is 14.3. The first-order valence-electron chi connectivity index (χ1n) is 11.4. The van der Waals surface area contributed by atoms with Gasteiger partial charge in [-0.3, -0.25) is 4.79 Å². The van der Waals surface area contributed by atoms with Gasteiger partial charge >= 0.3 is 0 Å². The maximum absolute atomic E-state index is 12.6. The third kappa shape index (κ3) is 4.56. The number of allylic oxidation sites excluding steroid dienone is 5. The predicted molar refractivity (Wildman–Crippen MR) is 121 cm³/mol. The van der Waals surface area contributed by atoms with Crippen LogP contribution >= 0.6 is 0 Å². The molecular weight excluding hydrogens is 372 g/mol. The molecule has 2 N–H and O–H groups in total. The molecule has 6 unspecified atom stereocenters. The Balaban J connectivity index is 1.77. The van der Waals surface area contributed by atoms with E-state index in [2.05, 4.69) is 44.4 Å². The highest BCUT2D eigenvalue weighted by molar-refractivity contribution is 5.97. The molecule has 3 rings (SSSR count). The summed E-state index contributed by atoms with van der Waals surface area (Å²) in [6.07, 6.45) is 13.3. The summed E-state index contributed by atoms with van der Waals surface area (Å²) in [5.74, 6) is 6.55. The Bertz CT molecular complexity index is 818. The molecule has 0 aromatic carbocycles. The standard InChI is InChI=1S/C27H36O3/c1-5-6-7-10-24(28)18(2)22-13-14-23-21(9-8-15-27(22,23)4)12-11-20-16-25(29)19(3)26(30)17-20/h5-6,11-12,18,22-23,25-26,29-30H,3,8-9,13-17H2,1-2,4H3. The first kappa shape index (κ1) is 22.8. The van der Waals surface area contributed by atoms with E-state index in [-0.39, 0.29) is 17.1 Å². The van der Waals surface area contributed by atoms with Crippen LogP contribution in [0.1, 0.15) is 65.7 Å². The minimum Gasteiger partial charge on any atom is -0.388 e. The third-order valence-electron chi connectivity index (χ3n) is 7.80. The van der Waals surface area contributed by atoms with Crippen LogP contribution in [-0.2, 0) is 4.79 Å². The lowest BCUT2D eigenvalue weighted by atomic mass is 9.60. The molecule has 3 aliphatic carbocycles. The lowest BCUT2D eigenvalue weighted by Crippen LogP contribution is -2.37. The molecule has 6 atom stereocenters. The van der Waals surface area contributed by atoms with Crippen molar-refractivity contribution in [1.29, 1.82) is 0 Å². The number of ketones is 1. The Kier molecular flexibility index (Phi) is 7.22. The monoisotopic (exact) mass is 408 g/mol. The Labute approximate surface area is 181 Å². The van der Waals surface area contributed by atoms with Crippen molar-refractivity contribution in [2.75, 3.05) is 0 Å². The average molecular weight is 409 g/mol. The van der Waals surface area contributed by atoms with Gasteiger partial charge in [0, 0.05) is 5.92 Å². The van der Waals surface area contributed by atoms with Crippen LogP contribution in [0, 0.1) is 35.0 Å². The molecule has 0 saturated heterocycles. The lowest BCUT2D eigenvalue weighted by molar-refractivity contribution is -0.120. The summed E-state index contributed by atoms with van der Waals surface area (Å²) in [4.78, 5) is 12.6. The van der Waals surface area contributed by atoms with E-state index in [1.807, 2.05) is 13.0 Å². The molecule has 0 aromatic rings. The number of hydrogen-bond donors (Lipinski definition) is 2. The molecule has 0 aliphatic heterocycles. The van der Waals surface area contributed by atoms with Crippen molar-refractivity contribution in [2.24, 2.45) is 23.2 Å². The van der Waals surface area contributed by atoms with Gasteiger partial charge in [0.15, 0.2) is 0 Å². The molecule has 30 heavy (non-hydrogen) atoms. The number of rotatable bonds is 3. The minimum atomic E-state index is -0.651. The second kappa shape index (κ2) is 9.50. The maximum Gasteiger partial charge on any atom is 0.208 e. The molecule has 162 valence electrons. The van der Waals surface area contributed by atoms with Gasteiger partial charge in [0.2, 0.25) is 5.78 Å². The van der Waals surface area contributed by atoms with Crippen molar-refractivity contribution in [3.05, 3.63) is 47.6 Å². The smallest absolute Gasteiger partial charge is 0.208 e. The van der Waals surface area contributed by atoms with Gasteiger partial charge in [0.05, 0.1) is 12.2 Å². The van der Waals surface area contributed by atoms with E-state index >= 15 is 0 Å². The van der Waals surface area contributed by atoms with Crippen LogP contribution in [0.3, 0.4) is 0 Å². The highest BCUT2D eigenvalue weighted by Crippen LogP contribution is 2.59. The van der Waals surface area contributed by atoms with Crippen LogP contribution in [0.5, 0.6) is 0 Å². The lowest BCUT2D eigenvalue weighted by Gasteiger charge is -2.43. The molecule has 3 aliphatic rings. The molecule has 0 amide bonds. The molecule has 0 bridgehead atoms. The second-order valence-electron chi connectivity index (χ2n) is 9.60. The highest BCUT2D eigenvalue weighted by atomic mass is 16.3. The van der Waals surface area contributed by atoms with Crippen molar-refractivity contribution >= 4 is 5.78 Å². The van der Waals surface area contributed by atoms with Crippen LogP contribution < -0.4 is 0 Å². The number of Topliss-reactive ketones (excluding diaryl/α,β-unsaturated/α-hetero) is 1. The van der Waals surface area contributed by atoms with Crippen molar-refractivity contribution in [3.8, 4) is 11.8 Å². The van der Waals surface area contributed by atoms with E-state index < -0.39 is 12.2 Å². The first-order valence-corrected chi connectivity index (χ1v) is 11.4. The number of aliphatic hydroxyl groups is 2. The van der Waals surface area contributed by atoms with E-state index in [4.69, 9.17) is 0 Å². The minimum absolute atomic E-state index is 0.0369. The van der Waals surface area contributed by atoms with Gasteiger partial charge in [-0.2, -0.15) is 0 Å². The van der Waals surface area contributed by atoms with Crippen LogP contribution in [0.15, 0.2) is 47.6 Å². The summed E-state index contributed by atoms with van der Waals surface area (Å²) < 4.78 is 0. The van der Waals surface area contributed by atoms with Gasteiger partial charge in [-0.05, 0) is 86.7 Å². The highest BCUT2D eigenvalue weighted by Gasteiger charge is 2.51. The van der Waals surface area contributed by atoms with Crippen LogP contribution in [0.2, 0.25) is 0 Å². The SMILES string of the molecule is C=C1C(O)CC(=CC=C2CCCC3(C)C2CCC3C(C)C(=O)C#CC=CC)CC1O. The Morgan fingerprint density at radius 1 is 1.23 bits per heavy atom. The van der Waals surface area contributed by atoms with Crippen molar-refractivity contribution in [1.82, 2.24) is 0 Å². The number of carbonyl (C=O) groups is 1. The fourth-order valence-corrected chi connectivity index (χ4v) is 6.02. The van der Waals surface area contributed by atoms with Crippen molar-refractivity contribution in [2.45, 2.75) is 77.9 Å². The fraction of sp³-hybridized carbons (Fsp3) is 0.593. The number of fused-ring (bicyclic) bond motifs is 1. The van der Waals surface area contributed by atoms with Gasteiger partial charge < -0.3 is 10.2 Å². The largest absolute Gasteiger partial charge is 0.388 e. The molecule has 3 heteroatoms. The molecule has 3 fully saturated rings. The van der Waals surface area contributed by atoms with Crippen LogP contribution in [-0.4, -0.2) is 28.2 Å². The zero-order valence-corrected chi connectivity index (χ0v) is 18.7. The summed E-state index contributed by atoms with van der Waals surface area (Å²) in [5, 5.41) is 20.2. The van der Waals surface area contributed by atoms with E-state index in [9.17, 15) is 15.0 Å². The van der Waals surface area contributed by atoms with E-state index in [1.165, 1.54) is 5.57 Å². The normalized spacial score (nSPS) is 36.4. The summed E-state index contributed by atoms with van der Waals surface area (Å²) in [6.45, 7) is 10.1. The van der Waals surface area contributed by atoms with Gasteiger partial charge in [0.1, 0.15) is 0 Å². The maximum atomic E-state index is 12.6. The summed E-state index contributed by atoms with van der Waals surface area (Å²) in [7, 11) is 0. The van der Waals surface area contributed by atoms with E-state index in [1.54, 1.807) is 6.08 Å². The fourth-order valence-electron chi connectivity index (χ4n) is 6.02. The summed E-state index contributed by atoms with van der Waals surface area (Å²) in [6, 6.07) is 0. The number of carbonyl (C=O) groups excluding carboxylic acids is 1. The van der Waals surface area contributed by atoms with Crippen LogP contribution in [0.4, 0.5) is 0 Å². The Hall–Kier alpha value is -1.89. The molecule has 0 aromatic heterocycles. The van der Waals surface area contributed by atoms with E-state index in [0.29, 0.717) is 30.3 Å². The quantitative estimate of drug-likeness (QED) is 0.396. The summed E-state index contributed by atoms with van der Waals surface area (Å²) in [5.41, 5.74) is 3.21. The Morgan fingerprint density at radius 3 is 2.60 bits per heavy atom. The van der Waals surface area contributed by atoms with Crippen molar-refractivity contribution < 1.29 is 15.0 Å². The molecule has 3 nitrogen and oxygen atoms in total. The van der Waals surface area contributed by atoms with Crippen LogP contribution in [0.25, 0.3) is 0 Å². The molecular formula is C27H36O3. The topological polar surface area (TPSA) is 57.5 Å². The molecule has 0 heterocycles. The van der Waals surface area contributed by atoms with E-state index in [0.717, 1.165) is 37.7 Å². The van der Waals surface area contributed by atoms with Gasteiger partial charge in [-0.15, -0.1) is 0 Å². The number of hydrogen-bond acceptors (Lipinski definition) is 3. The zero-order chi connectivity index (χ0) is 21.9. The number of aliphatic hydroxyl groups excluding tert-OH is 2. The van der Waals surface area contributed by atoms with Crippen molar-refractivity contribution in [3.63, 3.8) is 0 Å². The predicted octanol–water partition coefficient (Wildman–Crippen LogP) is 4.91. The third-order valence-corrected chi connectivity index (χ3v) is 7.80. The molecule has 3 saturated carbocycles.